The van der Waals surface area contributed by atoms with Gasteiger partial charge in [-0.15, -0.1) is 11.3 Å². The van der Waals surface area contributed by atoms with Crippen molar-refractivity contribution in [1.82, 2.24) is 9.88 Å². The third kappa shape index (κ3) is 6.18. The van der Waals surface area contributed by atoms with Gasteiger partial charge in [0, 0.05) is 18.1 Å². The summed E-state index contributed by atoms with van der Waals surface area (Å²) < 4.78 is 15.6. The highest BCUT2D eigenvalue weighted by atomic mass is 35.5. The quantitative estimate of drug-likeness (QED) is 0.578. The van der Waals surface area contributed by atoms with Crippen LogP contribution in [0.5, 0.6) is 5.75 Å². The number of nitrogens with zero attached hydrogens (tertiary/aromatic N) is 2. The molecule has 0 saturated carbocycles. The van der Waals surface area contributed by atoms with Crippen LogP contribution in [0.2, 0.25) is 5.02 Å². The molecule has 1 fully saturated rings. The number of carbonyl (C=O) groups is 3. The molecule has 1 aliphatic heterocycles. The summed E-state index contributed by atoms with van der Waals surface area (Å²) in [5.41, 5.74) is 0.524. The Hall–Kier alpha value is -2.65. The number of rotatable bonds is 7. The molecule has 0 unspecified atom stereocenters. The Morgan fingerprint density at radius 3 is 2.52 bits per heavy atom. The molecule has 1 aromatic heterocycles. The normalized spacial score (nSPS) is 14.2. The van der Waals surface area contributed by atoms with E-state index in [4.69, 9.17) is 25.8 Å². The van der Waals surface area contributed by atoms with Crippen molar-refractivity contribution in [3.05, 3.63) is 44.9 Å². The van der Waals surface area contributed by atoms with Crippen LogP contribution in [0.4, 0.5) is 0 Å². The third-order valence-corrected chi connectivity index (χ3v) is 6.27. The van der Waals surface area contributed by atoms with Crippen molar-refractivity contribution >= 4 is 40.8 Å². The topological polar surface area (TPSA) is 95.0 Å². The zero-order chi connectivity index (χ0) is 22.4. The molecule has 2 aromatic rings. The first-order valence-corrected chi connectivity index (χ1v) is 10.9. The first-order chi connectivity index (χ1) is 14.9. The van der Waals surface area contributed by atoms with E-state index in [0.29, 0.717) is 52.3 Å². The summed E-state index contributed by atoms with van der Waals surface area (Å²) in [5.74, 6) is -0.682. The molecule has 0 atom stereocenters. The van der Waals surface area contributed by atoms with Crippen molar-refractivity contribution in [3.8, 4) is 5.75 Å². The van der Waals surface area contributed by atoms with Gasteiger partial charge in [-0.3, -0.25) is 9.59 Å². The summed E-state index contributed by atoms with van der Waals surface area (Å²) in [6.45, 7) is 2.42. The first kappa shape index (κ1) is 23.0. The summed E-state index contributed by atoms with van der Waals surface area (Å²) in [7, 11) is 1.36. The molecule has 10 heteroatoms. The van der Waals surface area contributed by atoms with Crippen molar-refractivity contribution in [3.63, 3.8) is 0 Å². The Bertz CT molecular complexity index is 938. The van der Waals surface area contributed by atoms with E-state index in [1.165, 1.54) is 18.4 Å². The van der Waals surface area contributed by atoms with Gasteiger partial charge in [0.1, 0.15) is 22.2 Å². The number of benzene rings is 1. The van der Waals surface area contributed by atoms with Gasteiger partial charge in [-0.05, 0) is 44.0 Å². The molecule has 2 heterocycles. The van der Waals surface area contributed by atoms with Crippen molar-refractivity contribution < 1.29 is 28.6 Å². The summed E-state index contributed by atoms with van der Waals surface area (Å²) in [6.07, 6.45) is 1.08. The lowest BCUT2D eigenvalue weighted by molar-refractivity contribution is -0.149. The zero-order valence-electron chi connectivity index (χ0n) is 17.3. The second-order valence-electron chi connectivity index (χ2n) is 7.02. The number of ether oxygens (including phenoxy) is 3. The van der Waals surface area contributed by atoms with Crippen molar-refractivity contribution in [2.24, 2.45) is 5.92 Å². The van der Waals surface area contributed by atoms with Crippen LogP contribution >= 0.6 is 22.9 Å². The Kier molecular flexibility index (Phi) is 7.86. The third-order valence-electron chi connectivity index (χ3n) is 4.91. The first-order valence-electron chi connectivity index (χ1n) is 9.74. The number of methoxy groups -OCH3 is 1. The van der Waals surface area contributed by atoms with Gasteiger partial charge in [-0.2, -0.15) is 0 Å². The van der Waals surface area contributed by atoms with Gasteiger partial charge in [0.15, 0.2) is 6.61 Å². The largest absolute Gasteiger partial charge is 0.486 e. The highest BCUT2D eigenvalue weighted by molar-refractivity contribution is 7.13. The molecule has 31 heavy (non-hydrogen) atoms. The number of amides is 1. The average molecular weight is 467 g/mol. The van der Waals surface area contributed by atoms with Gasteiger partial charge < -0.3 is 19.1 Å². The van der Waals surface area contributed by atoms with E-state index in [-0.39, 0.29) is 31.0 Å². The summed E-state index contributed by atoms with van der Waals surface area (Å²) in [4.78, 5) is 42.6. The molecule has 0 spiro atoms. The molecule has 0 aliphatic carbocycles. The van der Waals surface area contributed by atoms with E-state index >= 15 is 0 Å². The lowest BCUT2D eigenvalue weighted by atomic mass is 9.97. The van der Waals surface area contributed by atoms with E-state index in [0.717, 1.165) is 0 Å². The molecule has 1 aromatic carbocycles. The van der Waals surface area contributed by atoms with Crippen LogP contribution in [0.25, 0.3) is 0 Å². The predicted molar refractivity (Wildman–Crippen MR) is 114 cm³/mol. The molecule has 3 rings (SSSR count). The van der Waals surface area contributed by atoms with E-state index in [1.54, 1.807) is 36.1 Å². The number of aromatic nitrogens is 1. The maximum absolute atomic E-state index is 12.4. The molecular weight excluding hydrogens is 444 g/mol. The smallest absolute Gasteiger partial charge is 0.350 e. The highest BCUT2D eigenvalue weighted by Gasteiger charge is 2.28. The van der Waals surface area contributed by atoms with Crippen molar-refractivity contribution in [1.29, 1.82) is 0 Å². The molecule has 1 amide bonds. The fourth-order valence-electron chi connectivity index (χ4n) is 3.19. The second-order valence-corrected chi connectivity index (χ2v) is 8.54. The molecule has 1 saturated heterocycles. The Balaban J connectivity index is 1.47. The summed E-state index contributed by atoms with van der Waals surface area (Å²) in [6, 6.07) is 6.94. The lowest BCUT2D eigenvalue weighted by Crippen LogP contribution is -2.42. The van der Waals surface area contributed by atoms with Gasteiger partial charge in [-0.1, -0.05) is 11.6 Å². The van der Waals surface area contributed by atoms with Gasteiger partial charge in [0.2, 0.25) is 0 Å². The van der Waals surface area contributed by atoms with Crippen LogP contribution in [0, 0.1) is 12.8 Å². The minimum absolute atomic E-state index is 0.190. The van der Waals surface area contributed by atoms with Gasteiger partial charge in [-0.25, -0.2) is 9.78 Å². The Labute approximate surface area is 189 Å². The summed E-state index contributed by atoms with van der Waals surface area (Å²) in [5, 5.41) is 1.24. The fraction of sp³-hybridized carbons (Fsp3) is 0.429. The van der Waals surface area contributed by atoms with E-state index in [1.807, 2.05) is 0 Å². The highest BCUT2D eigenvalue weighted by Crippen LogP contribution is 2.23. The van der Waals surface area contributed by atoms with Crippen LogP contribution in [0.3, 0.4) is 0 Å². The van der Waals surface area contributed by atoms with E-state index in [9.17, 15) is 14.4 Å². The molecular formula is C21H23ClN2O6S. The molecule has 0 radical (unpaired) electrons. The van der Waals surface area contributed by atoms with E-state index < -0.39 is 5.97 Å². The minimum Gasteiger partial charge on any atom is -0.486 e. The van der Waals surface area contributed by atoms with Crippen molar-refractivity contribution in [2.75, 3.05) is 26.8 Å². The summed E-state index contributed by atoms with van der Waals surface area (Å²) >= 11 is 7.02. The van der Waals surface area contributed by atoms with Crippen LogP contribution in [-0.2, 0) is 25.7 Å². The second kappa shape index (κ2) is 10.6. The number of carbonyl (C=O) groups excluding carboxylic acids is 3. The molecule has 0 bridgehead atoms. The predicted octanol–water partition coefficient (Wildman–Crippen LogP) is 3.25. The van der Waals surface area contributed by atoms with E-state index in [2.05, 4.69) is 4.98 Å². The van der Waals surface area contributed by atoms with Crippen molar-refractivity contribution in [2.45, 2.75) is 26.4 Å². The van der Waals surface area contributed by atoms with Crippen LogP contribution in [-0.4, -0.2) is 54.5 Å². The molecule has 8 nitrogen and oxygen atoms in total. The number of halogens is 1. The number of thiazole rings is 1. The fourth-order valence-corrected chi connectivity index (χ4v) is 4.19. The number of hydrogen-bond donors (Lipinski definition) is 0. The number of hydrogen-bond acceptors (Lipinski definition) is 8. The number of likely N-dealkylation sites (tertiary alicyclic amines) is 1. The monoisotopic (exact) mass is 466 g/mol. The molecule has 166 valence electrons. The Morgan fingerprint density at radius 2 is 1.87 bits per heavy atom. The standard InChI is InChI=1S/C21H23ClN2O6S/c1-13-19(31-17(23-13)11-29-16-5-3-15(22)4-6-16)21(27)30-12-18(25)24-9-7-14(8-10-24)20(26)28-2/h3-6,14H,7-12H2,1-2H3. The zero-order valence-corrected chi connectivity index (χ0v) is 18.8. The number of aryl methyl sites for hydroxylation is 1. The maximum atomic E-state index is 12.4. The Morgan fingerprint density at radius 1 is 1.19 bits per heavy atom. The lowest BCUT2D eigenvalue weighted by Gasteiger charge is -2.30. The minimum atomic E-state index is -0.592. The van der Waals surface area contributed by atoms with Crippen LogP contribution in [0.1, 0.15) is 33.2 Å². The molecule has 0 N–H and O–H groups in total. The van der Waals surface area contributed by atoms with Gasteiger partial charge >= 0.3 is 11.9 Å². The number of esters is 2. The van der Waals surface area contributed by atoms with Crippen LogP contribution in [0.15, 0.2) is 24.3 Å². The van der Waals surface area contributed by atoms with Gasteiger partial charge in [0.05, 0.1) is 18.7 Å². The molecule has 1 aliphatic rings. The number of piperidine rings is 1. The van der Waals surface area contributed by atoms with Crippen LogP contribution < -0.4 is 4.74 Å². The SMILES string of the molecule is COC(=O)C1CCN(C(=O)COC(=O)c2sc(COc3ccc(Cl)cc3)nc2C)CC1. The average Bonchev–Trinajstić information content (AvgIpc) is 3.17. The maximum Gasteiger partial charge on any atom is 0.350 e. The van der Waals surface area contributed by atoms with Gasteiger partial charge in [0.25, 0.3) is 5.91 Å².